The zero-order valence-corrected chi connectivity index (χ0v) is 12.4. The van der Waals surface area contributed by atoms with E-state index >= 15 is 0 Å². The second kappa shape index (κ2) is 6.61. The number of rotatable bonds is 6. The van der Waals surface area contributed by atoms with Crippen molar-refractivity contribution in [3.8, 4) is 12.3 Å². The molecule has 0 amide bonds. The van der Waals surface area contributed by atoms with Crippen LogP contribution in [0.25, 0.3) is 0 Å². The number of hydrogen-bond acceptors (Lipinski definition) is 1. The Labute approximate surface area is 112 Å². The van der Waals surface area contributed by atoms with Crippen LogP contribution in [0.3, 0.4) is 0 Å². The summed E-state index contributed by atoms with van der Waals surface area (Å²) in [6.45, 7) is 13.9. The predicted molar refractivity (Wildman–Crippen MR) is 80.2 cm³/mol. The van der Waals surface area contributed by atoms with Gasteiger partial charge in [0.05, 0.1) is 0 Å². The van der Waals surface area contributed by atoms with E-state index in [1.165, 1.54) is 5.57 Å². The molecule has 0 aliphatic heterocycles. The molecule has 0 aromatic carbocycles. The predicted octanol–water partition coefficient (Wildman–Crippen LogP) is 4.26. The van der Waals surface area contributed by atoms with E-state index in [0.717, 1.165) is 5.57 Å². The fourth-order valence-corrected chi connectivity index (χ4v) is 1.65. The summed E-state index contributed by atoms with van der Waals surface area (Å²) in [6, 6.07) is 0. The number of hydrogen-bond donors (Lipinski definition) is 1. The average Bonchev–Trinajstić information content (AvgIpc) is 2.32. The Morgan fingerprint density at radius 2 is 1.61 bits per heavy atom. The molecule has 0 aliphatic carbocycles. The zero-order chi connectivity index (χ0) is 14.4. The van der Waals surface area contributed by atoms with Crippen molar-refractivity contribution in [3.63, 3.8) is 0 Å². The fraction of sp³-hybridized carbons (Fsp3) is 0.529. The van der Waals surface area contributed by atoms with Crippen molar-refractivity contribution in [2.45, 2.75) is 53.1 Å². The number of aliphatic hydroxyl groups is 1. The number of terminal acetylenes is 1. The van der Waals surface area contributed by atoms with Crippen LogP contribution in [0.5, 0.6) is 0 Å². The lowest BCUT2D eigenvalue weighted by Crippen LogP contribution is -2.43. The summed E-state index contributed by atoms with van der Waals surface area (Å²) >= 11 is 0. The molecule has 0 fully saturated rings. The van der Waals surface area contributed by atoms with Crippen molar-refractivity contribution in [3.05, 3.63) is 36.0 Å². The Morgan fingerprint density at radius 3 is 1.94 bits per heavy atom. The van der Waals surface area contributed by atoms with E-state index in [1.54, 1.807) is 6.08 Å². The molecule has 0 spiro atoms. The average molecular weight is 246 g/mol. The van der Waals surface area contributed by atoms with Crippen LogP contribution in [0, 0.1) is 17.8 Å². The fourth-order valence-electron chi connectivity index (χ4n) is 1.65. The molecule has 0 aromatic heterocycles. The Balaban J connectivity index is 5.31. The second-order valence-electron chi connectivity index (χ2n) is 5.60. The van der Waals surface area contributed by atoms with Crippen LogP contribution >= 0.6 is 0 Å². The molecule has 0 radical (unpaired) electrons. The van der Waals surface area contributed by atoms with Crippen molar-refractivity contribution in [1.82, 2.24) is 0 Å². The Hall–Kier alpha value is -1.26. The third kappa shape index (κ3) is 4.20. The maximum absolute atomic E-state index is 10.7. The zero-order valence-electron chi connectivity index (χ0n) is 12.4. The van der Waals surface area contributed by atoms with E-state index in [9.17, 15) is 5.11 Å². The van der Waals surface area contributed by atoms with Gasteiger partial charge in [0.1, 0.15) is 5.60 Å². The second-order valence-corrected chi connectivity index (χ2v) is 5.60. The van der Waals surface area contributed by atoms with E-state index in [2.05, 4.69) is 18.6 Å². The van der Waals surface area contributed by atoms with E-state index < -0.39 is 11.0 Å². The van der Waals surface area contributed by atoms with E-state index in [4.69, 9.17) is 6.42 Å². The molecule has 0 bridgehead atoms. The van der Waals surface area contributed by atoms with Crippen LogP contribution < -0.4 is 0 Å². The highest BCUT2D eigenvalue weighted by atomic mass is 16.3. The van der Waals surface area contributed by atoms with E-state index in [0.29, 0.717) is 12.8 Å². The van der Waals surface area contributed by atoms with Crippen molar-refractivity contribution >= 4 is 0 Å². The van der Waals surface area contributed by atoms with E-state index in [1.807, 2.05) is 40.7 Å². The molecule has 2 unspecified atom stereocenters. The minimum absolute atomic E-state index is 0.449. The van der Waals surface area contributed by atoms with Crippen molar-refractivity contribution < 1.29 is 5.11 Å². The molecule has 0 rings (SSSR count). The lowest BCUT2D eigenvalue weighted by Gasteiger charge is -2.38. The first-order chi connectivity index (χ1) is 8.20. The van der Waals surface area contributed by atoms with Gasteiger partial charge in [-0.1, -0.05) is 42.2 Å². The van der Waals surface area contributed by atoms with Crippen molar-refractivity contribution in [2.75, 3.05) is 0 Å². The van der Waals surface area contributed by atoms with Gasteiger partial charge >= 0.3 is 0 Å². The highest BCUT2D eigenvalue weighted by Crippen LogP contribution is 2.39. The van der Waals surface area contributed by atoms with Gasteiger partial charge in [0.25, 0.3) is 0 Å². The summed E-state index contributed by atoms with van der Waals surface area (Å²) in [4.78, 5) is 0. The standard InChI is InChI=1S/C17H26O/c1-8-16(7,12-10-14(3)4)17(18,9-2)13-11-15(5)6/h2,8,10-11,18H,1,12-13H2,3-7H3. The smallest absolute Gasteiger partial charge is 0.137 e. The van der Waals surface area contributed by atoms with Crippen LogP contribution in [0.2, 0.25) is 0 Å². The minimum Gasteiger partial charge on any atom is -0.376 e. The van der Waals surface area contributed by atoms with Gasteiger partial charge in [-0.3, -0.25) is 0 Å². The largest absolute Gasteiger partial charge is 0.376 e. The Kier molecular flexibility index (Phi) is 6.15. The van der Waals surface area contributed by atoms with Crippen molar-refractivity contribution in [2.24, 2.45) is 5.41 Å². The number of allylic oxidation sites excluding steroid dienone is 3. The van der Waals surface area contributed by atoms with Crippen molar-refractivity contribution in [1.29, 1.82) is 0 Å². The van der Waals surface area contributed by atoms with Crippen LogP contribution in [-0.4, -0.2) is 10.7 Å². The summed E-state index contributed by atoms with van der Waals surface area (Å²) in [6.07, 6.45) is 12.5. The van der Waals surface area contributed by atoms with Gasteiger partial charge in [-0.05, 0) is 34.1 Å². The summed E-state index contributed by atoms with van der Waals surface area (Å²) in [7, 11) is 0. The topological polar surface area (TPSA) is 20.2 Å². The summed E-state index contributed by atoms with van der Waals surface area (Å²) in [5, 5.41) is 10.7. The molecule has 2 atom stereocenters. The summed E-state index contributed by atoms with van der Waals surface area (Å²) in [5.74, 6) is 2.56. The first-order valence-corrected chi connectivity index (χ1v) is 6.31. The first kappa shape index (κ1) is 16.7. The molecule has 18 heavy (non-hydrogen) atoms. The highest BCUT2D eigenvalue weighted by molar-refractivity contribution is 5.24. The van der Waals surface area contributed by atoms with Gasteiger partial charge in [-0.25, -0.2) is 0 Å². The third-order valence-corrected chi connectivity index (χ3v) is 3.37. The van der Waals surface area contributed by atoms with Gasteiger partial charge in [-0.15, -0.1) is 13.0 Å². The molecule has 1 N–H and O–H groups in total. The SMILES string of the molecule is C#CC(O)(CC=C(C)C)C(C)(C=C)CC=C(C)C. The van der Waals surface area contributed by atoms with E-state index in [-0.39, 0.29) is 0 Å². The lowest BCUT2D eigenvalue weighted by atomic mass is 9.69. The lowest BCUT2D eigenvalue weighted by molar-refractivity contribution is 0.00667. The molecule has 0 saturated heterocycles. The van der Waals surface area contributed by atoms with Crippen LogP contribution in [0.4, 0.5) is 0 Å². The minimum atomic E-state index is -1.20. The Bertz CT molecular complexity index is 386. The molecular weight excluding hydrogens is 220 g/mol. The monoisotopic (exact) mass is 246 g/mol. The summed E-state index contributed by atoms with van der Waals surface area (Å²) < 4.78 is 0. The molecule has 0 heterocycles. The maximum Gasteiger partial charge on any atom is 0.137 e. The molecule has 1 heteroatoms. The molecule has 1 nitrogen and oxygen atoms in total. The Morgan fingerprint density at radius 1 is 1.17 bits per heavy atom. The van der Waals surface area contributed by atoms with Gasteiger partial charge in [0.2, 0.25) is 0 Å². The molecule has 0 aromatic rings. The molecule has 0 aliphatic rings. The van der Waals surface area contributed by atoms with Crippen LogP contribution in [0.1, 0.15) is 47.5 Å². The highest BCUT2D eigenvalue weighted by Gasteiger charge is 2.41. The van der Waals surface area contributed by atoms with Gasteiger partial charge in [0, 0.05) is 11.8 Å². The molecular formula is C17H26O. The maximum atomic E-state index is 10.7. The third-order valence-electron chi connectivity index (χ3n) is 3.37. The molecule has 100 valence electrons. The van der Waals surface area contributed by atoms with Gasteiger partial charge in [-0.2, -0.15) is 0 Å². The van der Waals surface area contributed by atoms with Crippen LogP contribution in [0.15, 0.2) is 36.0 Å². The van der Waals surface area contributed by atoms with Gasteiger partial charge in [0.15, 0.2) is 0 Å². The quantitative estimate of drug-likeness (QED) is 0.548. The van der Waals surface area contributed by atoms with Crippen LogP contribution in [-0.2, 0) is 0 Å². The van der Waals surface area contributed by atoms with Gasteiger partial charge < -0.3 is 5.11 Å². The summed E-state index contributed by atoms with van der Waals surface area (Å²) in [5.41, 5.74) is 0.644. The first-order valence-electron chi connectivity index (χ1n) is 6.31. The molecule has 0 saturated carbocycles. The normalized spacial score (nSPS) is 16.7.